The number of nitrogens with zero attached hydrogens (tertiary/aromatic N) is 1. The molecular weight excluding hydrogens is 324 g/mol. The minimum absolute atomic E-state index is 0.0132. The molecule has 0 aliphatic carbocycles. The Balaban J connectivity index is 1.96. The number of ether oxygens (including phenoxy) is 1. The number of hydrogen-bond acceptors (Lipinski definition) is 5. The first-order valence-corrected chi connectivity index (χ1v) is 8.68. The summed E-state index contributed by atoms with van der Waals surface area (Å²) in [5.74, 6) is -0.0466. The highest BCUT2D eigenvalue weighted by Crippen LogP contribution is 2.32. The van der Waals surface area contributed by atoms with Gasteiger partial charge in [0.2, 0.25) is 0 Å². The number of carbonyl (C=O) groups is 1. The molecule has 0 spiro atoms. The summed E-state index contributed by atoms with van der Waals surface area (Å²) in [4.78, 5) is 15.5. The van der Waals surface area contributed by atoms with Crippen LogP contribution < -0.4 is 10.1 Å². The van der Waals surface area contributed by atoms with Gasteiger partial charge in [-0.3, -0.25) is 0 Å². The lowest BCUT2D eigenvalue weighted by Gasteiger charge is -2.23. The van der Waals surface area contributed by atoms with Gasteiger partial charge in [-0.1, -0.05) is 44.2 Å². The van der Waals surface area contributed by atoms with Crippen LogP contribution in [-0.2, 0) is 5.41 Å². The number of rotatable bonds is 6. The third-order valence-corrected chi connectivity index (χ3v) is 4.67. The zero-order chi connectivity index (χ0) is 17.9. The smallest absolute Gasteiger partial charge is 0.347 e. The van der Waals surface area contributed by atoms with Crippen LogP contribution in [0, 0.1) is 13.8 Å². The van der Waals surface area contributed by atoms with Crippen molar-refractivity contribution in [3.63, 3.8) is 0 Å². The van der Waals surface area contributed by atoms with Crippen LogP contribution in [0.4, 0.5) is 5.13 Å². The molecule has 1 aromatic heterocycles. The van der Waals surface area contributed by atoms with Gasteiger partial charge in [0.15, 0.2) is 5.13 Å². The lowest BCUT2D eigenvalue weighted by atomic mass is 9.86. The molecule has 0 unspecified atom stereocenters. The van der Waals surface area contributed by atoms with E-state index in [0.717, 1.165) is 22.6 Å². The van der Waals surface area contributed by atoms with Crippen molar-refractivity contribution in [3.05, 3.63) is 39.9 Å². The standard InChI is InChI=1S/C18H24N2O3S/c1-11-6-7-13(18(3,4)5)14(10-11)23-9-8-19-17-20-12(2)15(24-17)16(21)22/h6-7,10H,8-9H2,1-5H3,(H,19,20)(H,21,22). The minimum atomic E-state index is -0.941. The second-order valence-electron chi connectivity index (χ2n) is 6.76. The zero-order valence-electron chi connectivity index (χ0n) is 14.8. The fourth-order valence-electron chi connectivity index (χ4n) is 2.36. The average molecular weight is 348 g/mol. The summed E-state index contributed by atoms with van der Waals surface area (Å²) in [6.45, 7) is 11.3. The third kappa shape index (κ3) is 4.47. The lowest BCUT2D eigenvalue weighted by molar-refractivity contribution is 0.0701. The van der Waals surface area contributed by atoms with Crippen LogP contribution in [-0.4, -0.2) is 29.2 Å². The van der Waals surface area contributed by atoms with Gasteiger partial charge < -0.3 is 15.2 Å². The number of carboxylic acid groups (broad SMARTS) is 1. The Bertz CT molecular complexity index is 732. The van der Waals surface area contributed by atoms with Crippen LogP contribution in [0.25, 0.3) is 0 Å². The Morgan fingerprint density at radius 3 is 2.62 bits per heavy atom. The average Bonchev–Trinajstić information content (AvgIpc) is 2.83. The Kier molecular flexibility index (Phi) is 5.49. The quantitative estimate of drug-likeness (QED) is 0.764. The first-order chi connectivity index (χ1) is 11.2. The van der Waals surface area contributed by atoms with Crippen molar-refractivity contribution in [2.24, 2.45) is 0 Å². The van der Waals surface area contributed by atoms with Gasteiger partial charge in [-0.15, -0.1) is 0 Å². The molecule has 6 heteroatoms. The number of aromatic carboxylic acids is 1. The second-order valence-corrected chi connectivity index (χ2v) is 7.76. The molecule has 0 radical (unpaired) electrons. The summed E-state index contributed by atoms with van der Waals surface area (Å²) in [6.07, 6.45) is 0. The van der Waals surface area contributed by atoms with Crippen molar-refractivity contribution in [1.29, 1.82) is 0 Å². The van der Waals surface area contributed by atoms with E-state index < -0.39 is 5.97 Å². The number of aryl methyl sites for hydroxylation is 2. The highest BCUT2D eigenvalue weighted by atomic mass is 32.1. The Morgan fingerprint density at radius 2 is 2.04 bits per heavy atom. The highest BCUT2D eigenvalue weighted by molar-refractivity contribution is 7.17. The van der Waals surface area contributed by atoms with E-state index in [1.54, 1.807) is 6.92 Å². The summed E-state index contributed by atoms with van der Waals surface area (Å²) in [5, 5.41) is 12.8. The molecule has 0 fully saturated rings. The van der Waals surface area contributed by atoms with E-state index in [1.165, 1.54) is 5.56 Å². The molecule has 1 aromatic carbocycles. The predicted molar refractivity (Wildman–Crippen MR) is 97.7 cm³/mol. The minimum Gasteiger partial charge on any atom is -0.491 e. The summed E-state index contributed by atoms with van der Waals surface area (Å²) in [7, 11) is 0. The number of carboxylic acids is 1. The topological polar surface area (TPSA) is 71.5 Å². The van der Waals surface area contributed by atoms with Gasteiger partial charge in [0, 0.05) is 0 Å². The van der Waals surface area contributed by atoms with Crippen molar-refractivity contribution in [2.45, 2.75) is 40.0 Å². The van der Waals surface area contributed by atoms with E-state index in [0.29, 0.717) is 24.0 Å². The van der Waals surface area contributed by atoms with Crippen molar-refractivity contribution in [1.82, 2.24) is 4.98 Å². The molecule has 0 aliphatic heterocycles. The van der Waals surface area contributed by atoms with E-state index in [9.17, 15) is 4.79 Å². The van der Waals surface area contributed by atoms with E-state index in [4.69, 9.17) is 9.84 Å². The summed E-state index contributed by atoms with van der Waals surface area (Å²) in [5.41, 5.74) is 2.88. The van der Waals surface area contributed by atoms with Gasteiger partial charge in [0.1, 0.15) is 17.2 Å². The van der Waals surface area contributed by atoms with Gasteiger partial charge >= 0.3 is 5.97 Å². The third-order valence-electron chi connectivity index (χ3n) is 3.57. The molecule has 0 atom stereocenters. The Hall–Kier alpha value is -2.08. The molecule has 2 aromatic rings. The number of benzene rings is 1. The van der Waals surface area contributed by atoms with E-state index in [-0.39, 0.29) is 10.3 Å². The van der Waals surface area contributed by atoms with E-state index in [2.05, 4.69) is 49.3 Å². The number of nitrogens with one attached hydrogen (secondary N) is 1. The molecule has 1 heterocycles. The number of hydrogen-bond donors (Lipinski definition) is 2. The first-order valence-electron chi connectivity index (χ1n) is 7.87. The van der Waals surface area contributed by atoms with Crippen LogP contribution in [0.5, 0.6) is 5.75 Å². The van der Waals surface area contributed by atoms with Crippen molar-refractivity contribution in [2.75, 3.05) is 18.5 Å². The summed E-state index contributed by atoms with van der Waals surface area (Å²) in [6, 6.07) is 6.26. The predicted octanol–water partition coefficient (Wildman–Crippen LogP) is 4.25. The van der Waals surface area contributed by atoms with Gasteiger partial charge in [-0.25, -0.2) is 9.78 Å². The normalized spacial score (nSPS) is 11.4. The SMILES string of the molecule is Cc1ccc(C(C)(C)C)c(OCCNc2nc(C)c(C(=O)O)s2)c1. The molecule has 0 saturated carbocycles. The van der Waals surface area contributed by atoms with Crippen molar-refractivity contribution < 1.29 is 14.6 Å². The Labute approximate surface area is 146 Å². The zero-order valence-corrected chi connectivity index (χ0v) is 15.6. The number of anilines is 1. The van der Waals surface area contributed by atoms with Crippen LogP contribution in [0.3, 0.4) is 0 Å². The van der Waals surface area contributed by atoms with Gasteiger partial charge in [0.25, 0.3) is 0 Å². The molecule has 130 valence electrons. The molecule has 0 aliphatic rings. The summed E-state index contributed by atoms with van der Waals surface area (Å²) >= 11 is 1.15. The second kappa shape index (κ2) is 7.21. The van der Waals surface area contributed by atoms with Crippen LogP contribution >= 0.6 is 11.3 Å². The van der Waals surface area contributed by atoms with Crippen molar-refractivity contribution >= 4 is 22.4 Å². The maximum absolute atomic E-state index is 11.0. The molecular formula is C18H24N2O3S. The number of aromatic nitrogens is 1. The van der Waals surface area contributed by atoms with Crippen LogP contribution in [0.1, 0.15) is 47.3 Å². The molecule has 0 amide bonds. The fraction of sp³-hybridized carbons (Fsp3) is 0.444. The lowest BCUT2D eigenvalue weighted by Crippen LogP contribution is -2.16. The molecule has 0 saturated heterocycles. The molecule has 2 rings (SSSR count). The molecule has 0 bridgehead atoms. The van der Waals surface area contributed by atoms with Crippen molar-refractivity contribution in [3.8, 4) is 5.75 Å². The van der Waals surface area contributed by atoms with Crippen LogP contribution in [0.15, 0.2) is 18.2 Å². The number of thiazole rings is 1. The molecule has 24 heavy (non-hydrogen) atoms. The van der Waals surface area contributed by atoms with Gasteiger partial charge in [-0.05, 0) is 36.5 Å². The van der Waals surface area contributed by atoms with E-state index >= 15 is 0 Å². The highest BCUT2D eigenvalue weighted by Gasteiger charge is 2.19. The Morgan fingerprint density at radius 1 is 1.33 bits per heavy atom. The first kappa shape index (κ1) is 18.3. The van der Waals surface area contributed by atoms with Crippen LogP contribution in [0.2, 0.25) is 0 Å². The fourth-order valence-corrected chi connectivity index (χ4v) is 3.19. The monoisotopic (exact) mass is 348 g/mol. The summed E-state index contributed by atoms with van der Waals surface area (Å²) < 4.78 is 5.95. The molecule has 5 nitrogen and oxygen atoms in total. The van der Waals surface area contributed by atoms with Gasteiger partial charge in [-0.2, -0.15) is 0 Å². The molecule has 2 N–H and O–H groups in total. The van der Waals surface area contributed by atoms with Gasteiger partial charge in [0.05, 0.1) is 12.2 Å². The largest absolute Gasteiger partial charge is 0.491 e. The van der Waals surface area contributed by atoms with E-state index in [1.807, 2.05) is 6.92 Å². The maximum Gasteiger partial charge on any atom is 0.347 e. The maximum atomic E-state index is 11.0.